The highest BCUT2D eigenvalue weighted by atomic mass is 35.5. The zero-order valence-corrected chi connectivity index (χ0v) is 14.7. The smallest absolute Gasteiger partial charge is 0.253 e. The van der Waals surface area contributed by atoms with Gasteiger partial charge in [0.15, 0.2) is 5.43 Å². The predicted octanol–water partition coefficient (Wildman–Crippen LogP) is 2.88. The van der Waals surface area contributed by atoms with E-state index in [4.69, 9.17) is 11.6 Å². The van der Waals surface area contributed by atoms with Crippen molar-refractivity contribution in [3.8, 4) is 11.1 Å². The molecule has 0 atom stereocenters. The van der Waals surface area contributed by atoms with Gasteiger partial charge in [-0.2, -0.15) is 0 Å². The van der Waals surface area contributed by atoms with E-state index < -0.39 is 0 Å². The lowest BCUT2D eigenvalue weighted by Crippen LogP contribution is -2.36. The zero-order chi connectivity index (χ0) is 18.0. The normalized spacial score (nSPS) is 10.8. The number of hydrogen-bond acceptors (Lipinski definition) is 3. The van der Waals surface area contributed by atoms with Crippen LogP contribution in [-0.4, -0.2) is 17.5 Å². The van der Waals surface area contributed by atoms with E-state index in [1.165, 1.54) is 0 Å². The molecule has 0 saturated carbocycles. The Morgan fingerprint density at radius 3 is 2.56 bits per heavy atom. The van der Waals surface area contributed by atoms with Crippen LogP contribution in [0.5, 0.6) is 0 Å². The van der Waals surface area contributed by atoms with E-state index in [9.17, 15) is 9.59 Å². The Hall–Kier alpha value is -2.63. The van der Waals surface area contributed by atoms with Crippen LogP contribution < -0.4 is 16.3 Å². The highest BCUT2D eigenvalue weighted by Crippen LogP contribution is 2.22. The number of halogens is 1. The summed E-state index contributed by atoms with van der Waals surface area (Å²) in [5, 5.41) is 1.18. The fourth-order valence-electron chi connectivity index (χ4n) is 2.80. The van der Waals surface area contributed by atoms with Crippen LogP contribution in [0.25, 0.3) is 22.0 Å². The Balaban J connectivity index is 2.23. The Kier molecular flexibility index (Phi) is 4.88. The third-order valence-corrected chi connectivity index (χ3v) is 4.22. The van der Waals surface area contributed by atoms with Gasteiger partial charge >= 0.3 is 0 Å². The number of carbonyl (C=O) groups excluding carboxylic acids is 1. The van der Waals surface area contributed by atoms with Crippen LogP contribution in [-0.2, 0) is 11.3 Å². The van der Waals surface area contributed by atoms with Crippen molar-refractivity contribution in [2.45, 2.75) is 13.5 Å². The summed E-state index contributed by atoms with van der Waals surface area (Å²) in [7, 11) is 1.63. The van der Waals surface area contributed by atoms with Gasteiger partial charge in [0, 0.05) is 29.2 Å². The first-order chi connectivity index (χ1) is 12.0. The number of carbonyl (C=O) groups is 1. The van der Waals surface area contributed by atoms with Gasteiger partial charge in [0.2, 0.25) is 0 Å². The predicted molar refractivity (Wildman–Crippen MR) is 101 cm³/mol. The molecule has 128 valence electrons. The number of nitrogens with one attached hydrogen (secondary N) is 2. The molecule has 0 fully saturated rings. The largest absolute Gasteiger partial charge is 0.337 e. The van der Waals surface area contributed by atoms with Gasteiger partial charge in [-0.25, -0.2) is 5.43 Å². The maximum atomic E-state index is 12.9. The lowest BCUT2D eigenvalue weighted by atomic mass is 10.0. The molecule has 5 nitrogen and oxygen atoms in total. The fraction of sp³-hybridized carbons (Fsp3) is 0.158. The second kappa shape index (κ2) is 7.09. The summed E-state index contributed by atoms with van der Waals surface area (Å²) in [5.74, 6) is -0.198. The summed E-state index contributed by atoms with van der Waals surface area (Å²) in [4.78, 5) is 25.0. The van der Waals surface area contributed by atoms with Gasteiger partial charge in [0.1, 0.15) is 6.54 Å². The summed E-state index contributed by atoms with van der Waals surface area (Å²) in [6, 6.07) is 12.7. The average Bonchev–Trinajstić information content (AvgIpc) is 2.58. The topological polar surface area (TPSA) is 63.1 Å². The van der Waals surface area contributed by atoms with Crippen molar-refractivity contribution in [3.63, 3.8) is 0 Å². The molecule has 0 bridgehead atoms. The number of benzene rings is 2. The molecule has 1 heterocycles. The molecule has 1 aromatic heterocycles. The number of hydrazine groups is 1. The summed E-state index contributed by atoms with van der Waals surface area (Å²) in [6.07, 6.45) is 1.72. The fourth-order valence-corrected chi connectivity index (χ4v) is 2.93. The van der Waals surface area contributed by atoms with Crippen molar-refractivity contribution >= 4 is 28.4 Å². The molecule has 2 N–H and O–H groups in total. The second-order valence-electron chi connectivity index (χ2n) is 5.83. The van der Waals surface area contributed by atoms with E-state index in [2.05, 4.69) is 10.9 Å². The highest BCUT2D eigenvalue weighted by Gasteiger charge is 2.13. The van der Waals surface area contributed by atoms with Crippen molar-refractivity contribution in [2.24, 2.45) is 0 Å². The summed E-state index contributed by atoms with van der Waals surface area (Å²) in [5.41, 5.74) is 8.15. The molecule has 0 spiro atoms. The standard InChI is InChI=1S/C19H18ClN3O2/c1-12-3-8-15-17(9-12)23(11-18(24)22-21-2)10-16(19(15)25)13-4-6-14(20)7-5-13/h3-10,21H,11H2,1-2H3,(H,22,24). The van der Waals surface area contributed by atoms with E-state index in [-0.39, 0.29) is 17.9 Å². The lowest BCUT2D eigenvalue weighted by molar-refractivity contribution is -0.122. The van der Waals surface area contributed by atoms with E-state index in [1.807, 2.05) is 19.1 Å². The minimum Gasteiger partial charge on any atom is -0.337 e. The third kappa shape index (κ3) is 3.57. The minimum atomic E-state index is -0.198. The third-order valence-electron chi connectivity index (χ3n) is 3.97. The Morgan fingerprint density at radius 1 is 1.16 bits per heavy atom. The van der Waals surface area contributed by atoms with Crippen LogP contribution in [0.4, 0.5) is 0 Å². The Labute approximate surface area is 150 Å². The molecule has 3 rings (SSSR count). The number of pyridine rings is 1. The average molecular weight is 356 g/mol. The second-order valence-corrected chi connectivity index (χ2v) is 6.26. The number of fused-ring (bicyclic) bond motifs is 1. The zero-order valence-electron chi connectivity index (χ0n) is 14.0. The molecule has 25 heavy (non-hydrogen) atoms. The molecule has 3 aromatic rings. The molecule has 0 aliphatic heterocycles. The molecule has 0 aliphatic rings. The first kappa shape index (κ1) is 17.2. The van der Waals surface area contributed by atoms with Crippen molar-refractivity contribution in [1.29, 1.82) is 0 Å². The molecule has 2 aromatic carbocycles. The monoisotopic (exact) mass is 355 g/mol. The summed E-state index contributed by atoms with van der Waals surface area (Å²) in [6.45, 7) is 2.05. The molecular formula is C19H18ClN3O2. The first-order valence-corrected chi connectivity index (χ1v) is 8.22. The SMILES string of the molecule is CNNC(=O)Cn1cc(-c2ccc(Cl)cc2)c(=O)c2ccc(C)cc21. The summed E-state index contributed by atoms with van der Waals surface area (Å²) < 4.78 is 1.79. The van der Waals surface area contributed by atoms with E-state index in [0.717, 1.165) is 16.6 Å². The maximum Gasteiger partial charge on any atom is 0.253 e. The number of aryl methyl sites for hydroxylation is 1. The Bertz CT molecular complexity index is 994. The lowest BCUT2D eigenvalue weighted by Gasteiger charge is -2.14. The van der Waals surface area contributed by atoms with E-state index >= 15 is 0 Å². The molecule has 0 unspecified atom stereocenters. The number of aromatic nitrogens is 1. The first-order valence-electron chi connectivity index (χ1n) is 7.85. The number of nitrogens with zero attached hydrogens (tertiary/aromatic N) is 1. The van der Waals surface area contributed by atoms with Crippen LogP contribution in [0.1, 0.15) is 5.56 Å². The van der Waals surface area contributed by atoms with Crippen molar-refractivity contribution in [1.82, 2.24) is 15.4 Å². The molecule has 6 heteroatoms. The molecule has 0 aliphatic carbocycles. The van der Waals surface area contributed by atoms with Gasteiger partial charge in [0.05, 0.1) is 5.52 Å². The van der Waals surface area contributed by atoms with Crippen molar-refractivity contribution in [2.75, 3.05) is 7.05 Å². The van der Waals surface area contributed by atoms with E-state index in [0.29, 0.717) is 16.0 Å². The number of hydrogen-bond donors (Lipinski definition) is 2. The van der Waals surface area contributed by atoms with E-state index in [1.54, 1.807) is 48.1 Å². The quantitative estimate of drug-likeness (QED) is 0.707. The van der Waals surface area contributed by atoms with Crippen molar-refractivity contribution in [3.05, 3.63) is 69.5 Å². The van der Waals surface area contributed by atoms with Crippen LogP contribution in [0, 0.1) is 6.92 Å². The van der Waals surface area contributed by atoms with Gasteiger partial charge in [-0.05, 0) is 42.3 Å². The summed E-state index contributed by atoms with van der Waals surface area (Å²) >= 11 is 5.94. The Morgan fingerprint density at radius 2 is 1.88 bits per heavy atom. The highest BCUT2D eigenvalue weighted by molar-refractivity contribution is 6.30. The van der Waals surface area contributed by atoms with Gasteiger partial charge < -0.3 is 4.57 Å². The number of amides is 1. The van der Waals surface area contributed by atoms with Gasteiger partial charge in [-0.15, -0.1) is 0 Å². The van der Waals surface area contributed by atoms with Gasteiger partial charge in [-0.3, -0.25) is 15.0 Å². The minimum absolute atomic E-state index is 0.0670. The molecule has 0 saturated heterocycles. The van der Waals surface area contributed by atoms with Crippen LogP contribution in [0.2, 0.25) is 5.02 Å². The van der Waals surface area contributed by atoms with Crippen LogP contribution >= 0.6 is 11.6 Å². The van der Waals surface area contributed by atoms with Crippen LogP contribution in [0.3, 0.4) is 0 Å². The number of rotatable bonds is 4. The molecule has 0 radical (unpaired) electrons. The van der Waals surface area contributed by atoms with Gasteiger partial charge in [-0.1, -0.05) is 29.8 Å². The maximum absolute atomic E-state index is 12.9. The van der Waals surface area contributed by atoms with Crippen molar-refractivity contribution < 1.29 is 4.79 Å². The van der Waals surface area contributed by atoms with Crippen LogP contribution in [0.15, 0.2) is 53.5 Å². The van der Waals surface area contributed by atoms with Gasteiger partial charge in [0.25, 0.3) is 5.91 Å². The molecular weight excluding hydrogens is 338 g/mol. The molecule has 1 amide bonds.